The van der Waals surface area contributed by atoms with Crippen molar-refractivity contribution in [3.63, 3.8) is 0 Å². The van der Waals surface area contributed by atoms with E-state index in [1.807, 2.05) is 19.1 Å². The van der Waals surface area contributed by atoms with Crippen molar-refractivity contribution in [3.8, 4) is 0 Å². The van der Waals surface area contributed by atoms with Crippen molar-refractivity contribution in [2.24, 2.45) is 0 Å². The van der Waals surface area contributed by atoms with E-state index in [0.717, 1.165) is 62.9 Å². The lowest BCUT2D eigenvalue weighted by molar-refractivity contribution is -0.148. The number of piperidine rings is 1. The van der Waals surface area contributed by atoms with Crippen LogP contribution in [0.4, 0.5) is 0 Å². The van der Waals surface area contributed by atoms with Crippen molar-refractivity contribution in [2.75, 3.05) is 13.1 Å². The molecular formula is C21H26N4O2. The van der Waals surface area contributed by atoms with Gasteiger partial charge in [-0.15, -0.1) is 0 Å². The van der Waals surface area contributed by atoms with E-state index in [2.05, 4.69) is 9.80 Å². The maximum Gasteiger partial charge on any atom is 0.258 e. The molecule has 3 aliphatic rings. The number of hydrogen-bond acceptors (Lipinski definition) is 4. The number of likely N-dealkylation sites (tertiary alicyclic amines) is 2. The summed E-state index contributed by atoms with van der Waals surface area (Å²) in [5, 5.41) is 0. The molecule has 6 heteroatoms. The second-order valence-corrected chi connectivity index (χ2v) is 8.36. The second kappa shape index (κ2) is 6.16. The van der Waals surface area contributed by atoms with Gasteiger partial charge in [-0.05, 0) is 63.6 Å². The number of hydrogen-bond donors (Lipinski definition) is 0. The third kappa shape index (κ3) is 2.69. The molecule has 1 saturated carbocycles. The molecule has 1 unspecified atom stereocenters. The van der Waals surface area contributed by atoms with Gasteiger partial charge in [0, 0.05) is 31.4 Å². The predicted molar refractivity (Wildman–Crippen MR) is 103 cm³/mol. The summed E-state index contributed by atoms with van der Waals surface area (Å²) in [5.41, 5.74) is 2.04. The largest absolute Gasteiger partial charge is 0.338 e. The van der Waals surface area contributed by atoms with E-state index >= 15 is 0 Å². The Morgan fingerprint density at radius 2 is 1.96 bits per heavy atom. The van der Waals surface area contributed by atoms with Gasteiger partial charge in [0.1, 0.15) is 11.2 Å². The Morgan fingerprint density at radius 1 is 1.19 bits per heavy atom. The van der Waals surface area contributed by atoms with Crippen molar-refractivity contribution in [1.29, 1.82) is 0 Å². The summed E-state index contributed by atoms with van der Waals surface area (Å²) in [6.45, 7) is 4.36. The fourth-order valence-electron chi connectivity index (χ4n) is 5.03. The minimum absolute atomic E-state index is 0.0541. The molecule has 0 bridgehead atoms. The molecule has 2 aromatic heterocycles. The number of fused-ring (bicyclic) bond motifs is 1. The first-order chi connectivity index (χ1) is 13.1. The lowest BCUT2D eigenvalue weighted by Gasteiger charge is -2.44. The first kappa shape index (κ1) is 16.9. The van der Waals surface area contributed by atoms with Crippen LogP contribution in [0.15, 0.2) is 29.2 Å². The molecule has 3 fully saturated rings. The summed E-state index contributed by atoms with van der Waals surface area (Å²) < 4.78 is 1.60. The number of rotatable bonds is 3. The van der Waals surface area contributed by atoms with Crippen molar-refractivity contribution in [2.45, 2.75) is 63.6 Å². The molecule has 0 radical (unpaired) electrons. The third-order valence-corrected chi connectivity index (χ3v) is 6.55. The zero-order chi connectivity index (χ0) is 18.6. The summed E-state index contributed by atoms with van der Waals surface area (Å²) in [7, 11) is 0. The molecule has 0 aromatic carbocycles. The Labute approximate surface area is 158 Å². The molecule has 1 amide bonds. The monoisotopic (exact) mass is 366 g/mol. The Bertz CT molecular complexity index is 964. The van der Waals surface area contributed by atoms with Crippen LogP contribution in [0.5, 0.6) is 0 Å². The average molecular weight is 366 g/mol. The highest BCUT2D eigenvalue weighted by Gasteiger charge is 2.53. The number of aromatic nitrogens is 2. The Kier molecular flexibility index (Phi) is 3.86. The quantitative estimate of drug-likeness (QED) is 0.835. The van der Waals surface area contributed by atoms with E-state index in [1.165, 1.54) is 0 Å². The molecular weight excluding hydrogens is 340 g/mol. The van der Waals surface area contributed by atoms with Crippen LogP contribution >= 0.6 is 0 Å². The number of nitrogens with zero attached hydrogens (tertiary/aromatic N) is 4. The minimum atomic E-state index is -0.376. The molecule has 2 saturated heterocycles. The third-order valence-electron chi connectivity index (χ3n) is 6.55. The van der Waals surface area contributed by atoms with E-state index in [1.54, 1.807) is 16.7 Å². The van der Waals surface area contributed by atoms with Crippen LogP contribution in [0.2, 0.25) is 0 Å². The fourth-order valence-corrected chi connectivity index (χ4v) is 5.03. The van der Waals surface area contributed by atoms with E-state index in [9.17, 15) is 9.59 Å². The van der Waals surface area contributed by atoms with Gasteiger partial charge in [-0.1, -0.05) is 6.07 Å². The number of pyridine rings is 1. The van der Waals surface area contributed by atoms with E-state index in [-0.39, 0.29) is 11.1 Å². The Morgan fingerprint density at radius 3 is 2.74 bits per heavy atom. The first-order valence-corrected chi connectivity index (χ1v) is 10.1. The second-order valence-electron chi connectivity index (χ2n) is 8.36. The SMILES string of the molecule is Cc1cccn2c(=O)cc(CN3CCCC34CCCN(C3CC3)C4=O)nc12. The maximum atomic E-state index is 13.4. The molecule has 5 rings (SSSR count). The fraction of sp³-hybridized carbons (Fsp3) is 0.571. The minimum Gasteiger partial charge on any atom is -0.338 e. The number of aryl methyl sites for hydroxylation is 1. The van der Waals surface area contributed by atoms with Gasteiger partial charge in [0.05, 0.1) is 5.69 Å². The summed E-state index contributed by atoms with van der Waals surface area (Å²) in [4.78, 5) is 35.1. The van der Waals surface area contributed by atoms with Gasteiger partial charge >= 0.3 is 0 Å². The summed E-state index contributed by atoms with van der Waals surface area (Å²) in [6.07, 6.45) is 8.05. The summed E-state index contributed by atoms with van der Waals surface area (Å²) >= 11 is 0. The van der Waals surface area contributed by atoms with Gasteiger partial charge in [0.25, 0.3) is 5.56 Å². The first-order valence-electron chi connectivity index (χ1n) is 10.1. The van der Waals surface area contributed by atoms with Crippen LogP contribution in [0.25, 0.3) is 5.65 Å². The molecule has 6 nitrogen and oxygen atoms in total. The smallest absolute Gasteiger partial charge is 0.258 e. The van der Waals surface area contributed by atoms with Gasteiger partial charge in [-0.25, -0.2) is 4.98 Å². The molecule has 1 aliphatic carbocycles. The van der Waals surface area contributed by atoms with Crippen LogP contribution in [0.1, 0.15) is 49.8 Å². The van der Waals surface area contributed by atoms with Crippen molar-refractivity contribution < 1.29 is 4.79 Å². The number of carbonyl (C=O) groups excluding carboxylic acids is 1. The van der Waals surface area contributed by atoms with Crippen LogP contribution < -0.4 is 5.56 Å². The molecule has 0 N–H and O–H groups in total. The van der Waals surface area contributed by atoms with Crippen molar-refractivity contribution >= 4 is 11.6 Å². The highest BCUT2D eigenvalue weighted by molar-refractivity contribution is 5.88. The molecule has 4 heterocycles. The highest BCUT2D eigenvalue weighted by Crippen LogP contribution is 2.42. The van der Waals surface area contributed by atoms with Gasteiger partial charge in [0.15, 0.2) is 0 Å². The Hall–Kier alpha value is -2.21. The zero-order valence-electron chi connectivity index (χ0n) is 15.9. The maximum absolute atomic E-state index is 13.4. The van der Waals surface area contributed by atoms with Crippen LogP contribution in [-0.4, -0.2) is 49.8 Å². The van der Waals surface area contributed by atoms with E-state index in [0.29, 0.717) is 24.1 Å². The van der Waals surface area contributed by atoms with Crippen molar-refractivity contribution in [1.82, 2.24) is 19.2 Å². The molecule has 27 heavy (non-hydrogen) atoms. The number of carbonyl (C=O) groups is 1. The van der Waals surface area contributed by atoms with Crippen molar-refractivity contribution in [3.05, 3.63) is 46.0 Å². The Balaban J connectivity index is 1.48. The van der Waals surface area contributed by atoms with Gasteiger partial charge in [-0.2, -0.15) is 0 Å². The lowest BCUT2D eigenvalue weighted by Crippen LogP contribution is -2.60. The van der Waals surface area contributed by atoms with E-state index < -0.39 is 0 Å². The van der Waals surface area contributed by atoms with E-state index in [4.69, 9.17) is 4.98 Å². The molecule has 142 valence electrons. The van der Waals surface area contributed by atoms with Gasteiger partial charge in [0.2, 0.25) is 5.91 Å². The van der Waals surface area contributed by atoms with Crippen LogP contribution in [0.3, 0.4) is 0 Å². The normalized spacial score (nSPS) is 26.4. The summed E-state index contributed by atoms with van der Waals surface area (Å²) in [5.74, 6) is 0.322. The molecule has 2 aliphatic heterocycles. The number of amides is 1. The average Bonchev–Trinajstić information content (AvgIpc) is 3.42. The molecule has 1 atom stereocenters. The summed E-state index contributed by atoms with van der Waals surface area (Å²) in [6, 6.07) is 5.95. The lowest BCUT2D eigenvalue weighted by atomic mass is 9.85. The topological polar surface area (TPSA) is 57.9 Å². The highest BCUT2D eigenvalue weighted by atomic mass is 16.2. The molecule has 1 spiro atoms. The standard InChI is InChI=1S/C21H26N4O2/c1-15-5-2-11-25-18(26)13-16(22-19(15)25)14-23-10-3-8-21(23)9-4-12-24(20(21)27)17-6-7-17/h2,5,11,13,17H,3-4,6-10,12,14H2,1H3. The van der Waals surface area contributed by atoms with Crippen LogP contribution in [-0.2, 0) is 11.3 Å². The van der Waals surface area contributed by atoms with Gasteiger partial charge in [-0.3, -0.25) is 18.9 Å². The predicted octanol–water partition coefficient (Wildman–Crippen LogP) is 2.12. The zero-order valence-corrected chi connectivity index (χ0v) is 15.9. The van der Waals surface area contributed by atoms with Gasteiger partial charge < -0.3 is 4.90 Å². The molecule has 2 aromatic rings. The van der Waals surface area contributed by atoms with Crippen LogP contribution in [0, 0.1) is 6.92 Å².